The van der Waals surface area contributed by atoms with Gasteiger partial charge in [-0.25, -0.2) is 0 Å². The lowest BCUT2D eigenvalue weighted by Gasteiger charge is -2.40. The lowest BCUT2D eigenvalue weighted by atomic mass is 9.70. The highest BCUT2D eigenvalue weighted by molar-refractivity contribution is 5.46. The van der Waals surface area contributed by atoms with Crippen molar-refractivity contribution in [1.29, 1.82) is 0 Å². The minimum atomic E-state index is 0.531. The zero-order valence-electron chi connectivity index (χ0n) is 12.3. The molecule has 1 fully saturated rings. The third-order valence-corrected chi connectivity index (χ3v) is 4.38. The molecule has 18 heavy (non-hydrogen) atoms. The molecule has 0 heterocycles. The fraction of sp³-hybridized carbons (Fsp3) is 0.647. The molecular formula is C17H27N. The Hall–Kier alpha value is -0.980. The average molecular weight is 245 g/mol. The summed E-state index contributed by atoms with van der Waals surface area (Å²) in [5, 5.41) is 3.74. The molecule has 0 bridgehead atoms. The van der Waals surface area contributed by atoms with Crippen LogP contribution in [0, 0.1) is 11.3 Å². The van der Waals surface area contributed by atoms with Crippen molar-refractivity contribution in [2.75, 3.05) is 5.32 Å². The van der Waals surface area contributed by atoms with Gasteiger partial charge < -0.3 is 5.32 Å². The molecule has 0 aromatic heterocycles. The Labute approximate surface area is 112 Å². The molecule has 100 valence electrons. The first-order valence-electron chi connectivity index (χ1n) is 7.35. The zero-order valence-corrected chi connectivity index (χ0v) is 12.3. The van der Waals surface area contributed by atoms with E-state index in [1.54, 1.807) is 0 Å². The van der Waals surface area contributed by atoms with Gasteiger partial charge in [0.1, 0.15) is 0 Å². The first-order chi connectivity index (χ1) is 8.50. The van der Waals surface area contributed by atoms with Crippen LogP contribution < -0.4 is 5.32 Å². The van der Waals surface area contributed by atoms with Gasteiger partial charge in [0.2, 0.25) is 0 Å². The van der Waals surface area contributed by atoms with E-state index in [-0.39, 0.29) is 0 Å². The van der Waals surface area contributed by atoms with E-state index in [9.17, 15) is 0 Å². The van der Waals surface area contributed by atoms with Crippen molar-refractivity contribution >= 4 is 5.69 Å². The molecule has 2 atom stereocenters. The topological polar surface area (TPSA) is 12.0 Å². The van der Waals surface area contributed by atoms with E-state index >= 15 is 0 Å². The van der Waals surface area contributed by atoms with Gasteiger partial charge in [0.05, 0.1) is 0 Å². The maximum Gasteiger partial charge on any atom is 0.0345 e. The molecule has 0 radical (unpaired) electrons. The number of hydrogen-bond donors (Lipinski definition) is 1. The lowest BCUT2D eigenvalue weighted by Crippen LogP contribution is -2.36. The van der Waals surface area contributed by atoms with Gasteiger partial charge in [0.15, 0.2) is 0 Å². The van der Waals surface area contributed by atoms with Crippen molar-refractivity contribution in [3.05, 3.63) is 29.8 Å². The van der Waals surface area contributed by atoms with Gasteiger partial charge in [0.25, 0.3) is 0 Å². The van der Waals surface area contributed by atoms with Crippen LogP contribution in [0.5, 0.6) is 0 Å². The Morgan fingerprint density at radius 2 is 2.11 bits per heavy atom. The standard InChI is InChI=1S/C17H27N/c1-5-14-7-6-8-15(11-14)18-16-9-10-17(3,4)12-13(16)2/h6-8,11,13,16,18H,5,9-10,12H2,1-4H3. The Morgan fingerprint density at radius 3 is 2.78 bits per heavy atom. The summed E-state index contributed by atoms with van der Waals surface area (Å²) >= 11 is 0. The van der Waals surface area contributed by atoms with Crippen LogP contribution >= 0.6 is 0 Å². The van der Waals surface area contributed by atoms with E-state index in [1.807, 2.05) is 0 Å². The molecule has 1 aromatic carbocycles. The van der Waals surface area contributed by atoms with Gasteiger partial charge in [-0.15, -0.1) is 0 Å². The molecule has 2 unspecified atom stereocenters. The number of rotatable bonds is 3. The van der Waals surface area contributed by atoms with Crippen LogP contribution in [0.15, 0.2) is 24.3 Å². The molecule has 1 heteroatoms. The second-order valence-corrected chi connectivity index (χ2v) is 6.69. The first-order valence-corrected chi connectivity index (χ1v) is 7.35. The van der Waals surface area contributed by atoms with Crippen molar-refractivity contribution in [1.82, 2.24) is 0 Å². The van der Waals surface area contributed by atoms with E-state index in [1.165, 1.54) is 30.5 Å². The highest BCUT2D eigenvalue weighted by Crippen LogP contribution is 2.39. The summed E-state index contributed by atoms with van der Waals surface area (Å²) in [6.07, 6.45) is 5.08. The number of hydrogen-bond acceptors (Lipinski definition) is 1. The molecular weight excluding hydrogens is 218 g/mol. The summed E-state index contributed by atoms with van der Waals surface area (Å²) in [6.45, 7) is 9.40. The molecule has 1 saturated carbocycles. The molecule has 1 N–H and O–H groups in total. The number of benzene rings is 1. The number of aryl methyl sites for hydroxylation is 1. The van der Waals surface area contributed by atoms with Crippen molar-refractivity contribution in [2.24, 2.45) is 11.3 Å². The van der Waals surface area contributed by atoms with E-state index < -0.39 is 0 Å². The van der Waals surface area contributed by atoms with Crippen LogP contribution in [0.25, 0.3) is 0 Å². The quantitative estimate of drug-likeness (QED) is 0.800. The summed E-state index contributed by atoms with van der Waals surface area (Å²) in [7, 11) is 0. The van der Waals surface area contributed by atoms with E-state index in [0.717, 1.165) is 12.3 Å². The molecule has 0 aliphatic heterocycles. The Kier molecular flexibility index (Phi) is 3.99. The third-order valence-electron chi connectivity index (χ3n) is 4.38. The summed E-state index contributed by atoms with van der Waals surface area (Å²) in [5.41, 5.74) is 3.25. The molecule has 1 aliphatic rings. The Bertz CT molecular complexity index is 394. The molecule has 0 saturated heterocycles. The molecule has 2 rings (SSSR count). The van der Waals surface area contributed by atoms with Crippen LogP contribution in [0.2, 0.25) is 0 Å². The van der Waals surface area contributed by atoms with Crippen molar-refractivity contribution < 1.29 is 0 Å². The van der Waals surface area contributed by atoms with Gasteiger partial charge in [-0.05, 0) is 54.7 Å². The SMILES string of the molecule is CCc1cccc(NC2CCC(C)(C)CC2C)c1. The predicted molar refractivity (Wildman–Crippen MR) is 80.0 cm³/mol. The fourth-order valence-electron chi connectivity index (χ4n) is 3.26. The molecule has 1 aromatic rings. The number of nitrogens with one attached hydrogen (secondary N) is 1. The molecule has 0 spiro atoms. The molecule has 0 amide bonds. The highest BCUT2D eigenvalue weighted by atomic mass is 14.9. The van der Waals surface area contributed by atoms with Gasteiger partial charge in [0, 0.05) is 11.7 Å². The zero-order chi connectivity index (χ0) is 13.2. The van der Waals surface area contributed by atoms with E-state index in [2.05, 4.69) is 57.3 Å². The van der Waals surface area contributed by atoms with Crippen LogP contribution in [0.1, 0.15) is 52.5 Å². The smallest absolute Gasteiger partial charge is 0.0345 e. The van der Waals surface area contributed by atoms with E-state index in [0.29, 0.717) is 11.5 Å². The van der Waals surface area contributed by atoms with Crippen LogP contribution in [-0.2, 0) is 6.42 Å². The summed E-state index contributed by atoms with van der Waals surface area (Å²) in [4.78, 5) is 0. The van der Waals surface area contributed by atoms with Gasteiger partial charge >= 0.3 is 0 Å². The normalized spacial score (nSPS) is 26.9. The Balaban J connectivity index is 2.01. The second-order valence-electron chi connectivity index (χ2n) is 6.69. The van der Waals surface area contributed by atoms with Crippen LogP contribution in [-0.4, -0.2) is 6.04 Å². The van der Waals surface area contributed by atoms with Gasteiger partial charge in [-0.3, -0.25) is 0 Å². The maximum absolute atomic E-state index is 3.74. The minimum absolute atomic E-state index is 0.531. The predicted octanol–water partition coefficient (Wildman–Crippen LogP) is 4.88. The van der Waals surface area contributed by atoms with Crippen molar-refractivity contribution in [3.63, 3.8) is 0 Å². The van der Waals surface area contributed by atoms with E-state index in [4.69, 9.17) is 0 Å². The van der Waals surface area contributed by atoms with Gasteiger partial charge in [-0.2, -0.15) is 0 Å². The van der Waals surface area contributed by atoms with Crippen LogP contribution in [0.3, 0.4) is 0 Å². The third kappa shape index (κ3) is 3.28. The molecule has 1 aliphatic carbocycles. The average Bonchev–Trinajstić information content (AvgIpc) is 2.32. The monoisotopic (exact) mass is 245 g/mol. The fourth-order valence-corrected chi connectivity index (χ4v) is 3.26. The maximum atomic E-state index is 3.74. The van der Waals surface area contributed by atoms with Crippen molar-refractivity contribution in [2.45, 2.75) is 59.4 Å². The van der Waals surface area contributed by atoms with Crippen LogP contribution in [0.4, 0.5) is 5.69 Å². The van der Waals surface area contributed by atoms with Gasteiger partial charge in [-0.1, -0.05) is 39.8 Å². The minimum Gasteiger partial charge on any atom is -0.382 e. The summed E-state index contributed by atoms with van der Waals surface area (Å²) in [5.74, 6) is 0.763. The summed E-state index contributed by atoms with van der Waals surface area (Å²) in [6, 6.07) is 9.51. The highest BCUT2D eigenvalue weighted by Gasteiger charge is 2.32. The second kappa shape index (κ2) is 5.34. The Morgan fingerprint density at radius 1 is 1.33 bits per heavy atom. The first kappa shape index (κ1) is 13.5. The molecule has 1 nitrogen and oxygen atoms in total. The number of anilines is 1. The lowest BCUT2D eigenvalue weighted by molar-refractivity contribution is 0.177. The summed E-state index contributed by atoms with van der Waals surface area (Å²) < 4.78 is 0. The largest absolute Gasteiger partial charge is 0.382 e. The van der Waals surface area contributed by atoms with Crippen molar-refractivity contribution in [3.8, 4) is 0 Å².